The molecular formula is C13H27N3O. The Morgan fingerprint density at radius 2 is 2.24 bits per heavy atom. The van der Waals surface area contributed by atoms with Crippen LogP contribution in [0.15, 0.2) is 0 Å². The van der Waals surface area contributed by atoms with Crippen LogP contribution in [0.3, 0.4) is 0 Å². The van der Waals surface area contributed by atoms with Gasteiger partial charge in [-0.1, -0.05) is 0 Å². The highest BCUT2D eigenvalue weighted by atomic mass is 16.1. The summed E-state index contributed by atoms with van der Waals surface area (Å²) in [5.41, 5.74) is 5.39. The number of amides is 1. The minimum absolute atomic E-state index is 0.0710. The lowest BCUT2D eigenvalue weighted by atomic mass is 9.95. The number of nitrogens with zero attached hydrogens (tertiary/aromatic N) is 1. The van der Waals surface area contributed by atoms with Crippen molar-refractivity contribution in [2.24, 2.45) is 11.7 Å². The number of carbonyl (C=O) groups is 1. The summed E-state index contributed by atoms with van der Waals surface area (Å²) in [6.07, 6.45) is 4.06. The molecule has 1 atom stereocenters. The monoisotopic (exact) mass is 241 g/mol. The molecule has 1 saturated heterocycles. The van der Waals surface area contributed by atoms with Gasteiger partial charge in [-0.15, -0.1) is 0 Å². The van der Waals surface area contributed by atoms with Gasteiger partial charge in [0, 0.05) is 25.0 Å². The molecule has 0 saturated carbocycles. The molecular weight excluding hydrogens is 214 g/mol. The summed E-state index contributed by atoms with van der Waals surface area (Å²) in [6.45, 7) is 6.92. The van der Waals surface area contributed by atoms with Crippen LogP contribution in [0.1, 0.15) is 39.5 Å². The van der Waals surface area contributed by atoms with Crippen molar-refractivity contribution >= 4 is 5.91 Å². The Morgan fingerprint density at radius 1 is 1.53 bits per heavy atom. The number of nitrogens with two attached hydrogens (primary N) is 1. The van der Waals surface area contributed by atoms with Gasteiger partial charge in [-0.2, -0.15) is 0 Å². The first kappa shape index (κ1) is 14.5. The van der Waals surface area contributed by atoms with Crippen molar-refractivity contribution in [3.05, 3.63) is 0 Å². The van der Waals surface area contributed by atoms with Gasteiger partial charge in [0.05, 0.1) is 0 Å². The van der Waals surface area contributed by atoms with Crippen LogP contribution < -0.4 is 11.1 Å². The van der Waals surface area contributed by atoms with Crippen LogP contribution in [0, 0.1) is 5.92 Å². The molecule has 3 N–H and O–H groups in total. The van der Waals surface area contributed by atoms with E-state index in [2.05, 4.69) is 17.3 Å². The number of hydrogen-bond donors (Lipinski definition) is 2. The molecule has 1 aliphatic rings. The van der Waals surface area contributed by atoms with Crippen LogP contribution in [0.2, 0.25) is 0 Å². The largest absolute Gasteiger partial charge is 0.356 e. The summed E-state index contributed by atoms with van der Waals surface area (Å²) in [6, 6.07) is 0. The Hall–Kier alpha value is -0.610. The molecule has 17 heavy (non-hydrogen) atoms. The average molecular weight is 241 g/mol. The number of hydrogen-bond acceptors (Lipinski definition) is 3. The molecule has 1 aliphatic heterocycles. The zero-order chi connectivity index (χ0) is 12.9. The third-order valence-corrected chi connectivity index (χ3v) is 3.21. The maximum atomic E-state index is 11.6. The molecule has 1 amide bonds. The van der Waals surface area contributed by atoms with E-state index in [0.29, 0.717) is 6.42 Å². The van der Waals surface area contributed by atoms with Crippen molar-refractivity contribution in [1.29, 1.82) is 0 Å². The summed E-state index contributed by atoms with van der Waals surface area (Å²) in [5.74, 6) is 0.807. The third-order valence-electron chi connectivity index (χ3n) is 3.21. The van der Waals surface area contributed by atoms with Gasteiger partial charge < -0.3 is 16.0 Å². The summed E-state index contributed by atoms with van der Waals surface area (Å²) in [4.78, 5) is 13.9. The molecule has 0 spiro atoms. The highest BCUT2D eigenvalue weighted by molar-refractivity contribution is 5.76. The zero-order valence-electron chi connectivity index (χ0n) is 11.5. The summed E-state index contributed by atoms with van der Waals surface area (Å²) >= 11 is 0. The van der Waals surface area contributed by atoms with Crippen LogP contribution >= 0.6 is 0 Å². The van der Waals surface area contributed by atoms with Crippen molar-refractivity contribution < 1.29 is 4.79 Å². The smallest absolute Gasteiger partial charge is 0.221 e. The van der Waals surface area contributed by atoms with Gasteiger partial charge >= 0.3 is 0 Å². The van der Waals surface area contributed by atoms with Gasteiger partial charge in [-0.25, -0.2) is 0 Å². The molecule has 0 aliphatic carbocycles. The van der Waals surface area contributed by atoms with Gasteiger partial charge in [-0.05, 0) is 52.6 Å². The van der Waals surface area contributed by atoms with Crippen LogP contribution in [0.4, 0.5) is 0 Å². The molecule has 1 rings (SSSR count). The lowest BCUT2D eigenvalue weighted by molar-refractivity contribution is -0.122. The fourth-order valence-corrected chi connectivity index (χ4v) is 2.40. The first-order valence-electron chi connectivity index (χ1n) is 6.61. The Balaban J connectivity index is 2.13. The Labute approximate surface area is 105 Å². The topological polar surface area (TPSA) is 58.4 Å². The molecule has 1 fully saturated rings. The van der Waals surface area contributed by atoms with E-state index in [4.69, 9.17) is 5.73 Å². The van der Waals surface area contributed by atoms with E-state index in [1.165, 1.54) is 19.4 Å². The molecule has 100 valence electrons. The van der Waals surface area contributed by atoms with Crippen LogP contribution in [-0.4, -0.2) is 43.0 Å². The van der Waals surface area contributed by atoms with E-state index in [1.54, 1.807) is 0 Å². The quantitative estimate of drug-likeness (QED) is 0.754. The van der Waals surface area contributed by atoms with E-state index >= 15 is 0 Å². The Morgan fingerprint density at radius 3 is 2.82 bits per heavy atom. The first-order chi connectivity index (χ1) is 7.87. The summed E-state index contributed by atoms with van der Waals surface area (Å²) < 4.78 is 0. The van der Waals surface area contributed by atoms with Crippen LogP contribution in [-0.2, 0) is 4.79 Å². The zero-order valence-corrected chi connectivity index (χ0v) is 11.5. The molecule has 0 radical (unpaired) electrons. The van der Waals surface area contributed by atoms with Crippen LogP contribution in [0.25, 0.3) is 0 Å². The van der Waals surface area contributed by atoms with Crippen LogP contribution in [0.5, 0.6) is 0 Å². The van der Waals surface area contributed by atoms with Crippen molar-refractivity contribution in [1.82, 2.24) is 10.2 Å². The molecule has 0 bridgehead atoms. The molecule has 4 heteroatoms. The predicted octanol–water partition coefficient (Wildman–Crippen LogP) is 0.962. The van der Waals surface area contributed by atoms with Gasteiger partial charge in [-0.3, -0.25) is 4.79 Å². The normalized spacial score (nSPS) is 22.5. The van der Waals surface area contributed by atoms with Crippen molar-refractivity contribution in [3.63, 3.8) is 0 Å². The second-order valence-corrected chi connectivity index (χ2v) is 6.07. The maximum Gasteiger partial charge on any atom is 0.221 e. The van der Waals surface area contributed by atoms with E-state index in [0.717, 1.165) is 25.4 Å². The predicted molar refractivity (Wildman–Crippen MR) is 70.7 cm³/mol. The summed E-state index contributed by atoms with van der Waals surface area (Å²) in [7, 11) is 2.17. The van der Waals surface area contributed by atoms with E-state index < -0.39 is 5.54 Å². The highest BCUT2D eigenvalue weighted by Crippen LogP contribution is 2.17. The second-order valence-electron chi connectivity index (χ2n) is 6.07. The highest BCUT2D eigenvalue weighted by Gasteiger charge is 2.18. The third kappa shape index (κ3) is 6.64. The fraction of sp³-hybridized carbons (Fsp3) is 0.923. The van der Waals surface area contributed by atoms with Crippen molar-refractivity contribution in [2.75, 3.05) is 26.7 Å². The molecule has 1 unspecified atom stereocenters. The molecule has 0 aromatic carbocycles. The number of likely N-dealkylation sites (tertiary alicyclic amines) is 1. The fourth-order valence-electron chi connectivity index (χ4n) is 2.40. The standard InChI is InChI=1S/C13H27N3O/c1-13(2,14)9-12(17)15-7-6-11-5-4-8-16(3)10-11/h11H,4-10,14H2,1-3H3,(H,15,17). The van der Waals surface area contributed by atoms with Gasteiger partial charge in [0.25, 0.3) is 0 Å². The second kappa shape index (κ2) is 6.36. The van der Waals surface area contributed by atoms with E-state index in [9.17, 15) is 4.79 Å². The van der Waals surface area contributed by atoms with E-state index in [1.807, 2.05) is 13.8 Å². The van der Waals surface area contributed by atoms with E-state index in [-0.39, 0.29) is 5.91 Å². The maximum absolute atomic E-state index is 11.6. The molecule has 1 heterocycles. The molecule has 4 nitrogen and oxygen atoms in total. The van der Waals surface area contributed by atoms with Gasteiger partial charge in [0.15, 0.2) is 0 Å². The lowest BCUT2D eigenvalue weighted by Gasteiger charge is -2.29. The number of piperidine rings is 1. The van der Waals surface area contributed by atoms with Gasteiger partial charge in [0.2, 0.25) is 5.91 Å². The van der Waals surface area contributed by atoms with Crippen molar-refractivity contribution in [3.8, 4) is 0 Å². The minimum Gasteiger partial charge on any atom is -0.356 e. The lowest BCUT2D eigenvalue weighted by Crippen LogP contribution is -2.40. The molecule has 0 aromatic heterocycles. The van der Waals surface area contributed by atoms with Crippen molar-refractivity contribution in [2.45, 2.75) is 45.1 Å². The minimum atomic E-state index is -0.408. The average Bonchev–Trinajstić information content (AvgIpc) is 2.14. The Kier molecular flexibility index (Phi) is 5.40. The number of nitrogens with one attached hydrogen (secondary N) is 1. The number of carbonyl (C=O) groups excluding carboxylic acids is 1. The van der Waals surface area contributed by atoms with Gasteiger partial charge in [0.1, 0.15) is 0 Å². The Bertz CT molecular complexity index is 248. The molecule has 0 aromatic rings. The number of rotatable bonds is 5. The summed E-state index contributed by atoms with van der Waals surface area (Å²) in [5, 5.41) is 2.96. The SMILES string of the molecule is CN1CCCC(CCNC(=O)CC(C)(C)N)C1. The first-order valence-corrected chi connectivity index (χ1v) is 6.61.